The Hall–Kier alpha value is -1.58. The van der Waals surface area contributed by atoms with Crippen molar-refractivity contribution in [1.29, 1.82) is 0 Å². The molecule has 19 heavy (non-hydrogen) atoms. The predicted octanol–water partition coefficient (Wildman–Crippen LogP) is 2.33. The van der Waals surface area contributed by atoms with Crippen LogP contribution < -0.4 is 5.32 Å². The van der Waals surface area contributed by atoms with Gasteiger partial charge in [-0.25, -0.2) is 0 Å². The molecule has 2 unspecified atom stereocenters. The summed E-state index contributed by atoms with van der Waals surface area (Å²) in [5.41, 5.74) is 1.73. The molecular weight excluding hydrogens is 240 g/mol. The molecule has 2 rings (SSSR count). The smallest absolute Gasteiger partial charge is 0.267 e. The van der Waals surface area contributed by atoms with Crippen LogP contribution >= 0.6 is 0 Å². The van der Waals surface area contributed by atoms with E-state index in [1.165, 1.54) is 0 Å². The zero-order valence-electron chi connectivity index (χ0n) is 12.1. The second-order valence-electron chi connectivity index (χ2n) is 5.93. The molecule has 0 aliphatic carbocycles. The number of amides is 1. The number of ketones is 1. The monoisotopic (exact) mass is 262 g/mol. The van der Waals surface area contributed by atoms with Gasteiger partial charge in [0.1, 0.15) is 11.5 Å². The van der Waals surface area contributed by atoms with Gasteiger partial charge in [0, 0.05) is 18.7 Å². The molecule has 104 valence electrons. The summed E-state index contributed by atoms with van der Waals surface area (Å²) in [7, 11) is 0. The van der Waals surface area contributed by atoms with Crippen molar-refractivity contribution in [3.8, 4) is 0 Å². The third-order valence-electron chi connectivity index (χ3n) is 3.76. The number of hydrogen-bond donors (Lipinski definition) is 1. The Balaban J connectivity index is 2.36. The van der Waals surface area contributed by atoms with E-state index in [2.05, 4.69) is 19.2 Å². The highest BCUT2D eigenvalue weighted by atomic mass is 16.2. The lowest BCUT2D eigenvalue weighted by atomic mass is 9.86. The van der Waals surface area contributed by atoms with Gasteiger partial charge in [0.15, 0.2) is 0 Å². The summed E-state index contributed by atoms with van der Waals surface area (Å²) in [6, 6.07) is 1.93. The molecule has 4 nitrogen and oxygen atoms in total. The third-order valence-corrected chi connectivity index (χ3v) is 3.76. The van der Waals surface area contributed by atoms with Gasteiger partial charge in [-0.15, -0.1) is 0 Å². The van der Waals surface area contributed by atoms with E-state index in [4.69, 9.17) is 0 Å². The highest BCUT2D eigenvalue weighted by Gasteiger charge is 2.33. The van der Waals surface area contributed by atoms with Crippen LogP contribution in [0.4, 0.5) is 0 Å². The van der Waals surface area contributed by atoms with E-state index >= 15 is 0 Å². The molecule has 2 atom stereocenters. The number of rotatable bonds is 4. The van der Waals surface area contributed by atoms with Crippen molar-refractivity contribution in [3.05, 3.63) is 23.5 Å². The number of nitrogens with zero attached hydrogens (tertiary/aromatic N) is 1. The minimum atomic E-state index is -0.0452. The van der Waals surface area contributed by atoms with Crippen LogP contribution in [0, 0.1) is 18.8 Å². The van der Waals surface area contributed by atoms with E-state index < -0.39 is 0 Å². The molecule has 4 heteroatoms. The summed E-state index contributed by atoms with van der Waals surface area (Å²) < 4.78 is 1.99. The van der Waals surface area contributed by atoms with Crippen molar-refractivity contribution in [3.63, 3.8) is 0 Å². The van der Waals surface area contributed by atoms with E-state index in [1.807, 2.05) is 23.8 Å². The Bertz CT molecular complexity index is 502. The standard InChI is InChI=1S/C15H22N2O2/c1-9(2)5-12(11(4)18)14-7-16-15(19)13-6-10(3)8-17(13)14/h6,8-9,12,14H,5,7H2,1-4H3,(H,16,19). The molecule has 1 amide bonds. The molecule has 1 aromatic rings. The topological polar surface area (TPSA) is 51.1 Å². The van der Waals surface area contributed by atoms with Gasteiger partial charge in [-0.05, 0) is 37.8 Å². The van der Waals surface area contributed by atoms with Crippen molar-refractivity contribution < 1.29 is 9.59 Å². The molecule has 1 N–H and O–H groups in total. The highest BCUT2D eigenvalue weighted by Crippen LogP contribution is 2.30. The molecule has 1 aliphatic rings. The molecule has 0 fully saturated rings. The van der Waals surface area contributed by atoms with Gasteiger partial charge in [-0.1, -0.05) is 13.8 Å². The molecular formula is C15H22N2O2. The van der Waals surface area contributed by atoms with Gasteiger partial charge in [0.2, 0.25) is 0 Å². The van der Waals surface area contributed by atoms with E-state index in [-0.39, 0.29) is 23.7 Å². The minimum Gasteiger partial charge on any atom is -0.349 e. The quantitative estimate of drug-likeness (QED) is 0.905. The number of carbonyl (C=O) groups is 2. The second-order valence-corrected chi connectivity index (χ2v) is 5.93. The van der Waals surface area contributed by atoms with Crippen LogP contribution in [0.3, 0.4) is 0 Å². The molecule has 0 saturated carbocycles. The first kappa shape index (κ1) is 13.8. The fourth-order valence-corrected chi connectivity index (χ4v) is 2.90. The first-order chi connectivity index (χ1) is 8.90. The fourth-order valence-electron chi connectivity index (χ4n) is 2.90. The number of Topliss-reactive ketones (excluding diaryl/α,β-unsaturated/α-hetero) is 1. The molecule has 0 radical (unpaired) electrons. The molecule has 1 aromatic heterocycles. The summed E-state index contributed by atoms with van der Waals surface area (Å²) in [5, 5.41) is 2.90. The van der Waals surface area contributed by atoms with Crippen molar-refractivity contribution >= 4 is 11.7 Å². The average Bonchev–Trinajstić information content (AvgIpc) is 2.69. The van der Waals surface area contributed by atoms with Crippen molar-refractivity contribution in [2.75, 3.05) is 6.54 Å². The molecule has 1 aliphatic heterocycles. The van der Waals surface area contributed by atoms with Gasteiger partial charge in [-0.3, -0.25) is 9.59 Å². The third kappa shape index (κ3) is 2.72. The minimum absolute atomic E-state index is 0.0360. The Labute approximate surface area is 114 Å². The maximum atomic E-state index is 12.0. The van der Waals surface area contributed by atoms with Crippen molar-refractivity contribution in [1.82, 2.24) is 9.88 Å². The van der Waals surface area contributed by atoms with Crippen molar-refractivity contribution in [2.24, 2.45) is 11.8 Å². The largest absolute Gasteiger partial charge is 0.349 e. The van der Waals surface area contributed by atoms with Crippen LogP contribution in [0.25, 0.3) is 0 Å². The van der Waals surface area contributed by atoms with E-state index in [9.17, 15) is 9.59 Å². The first-order valence-corrected chi connectivity index (χ1v) is 6.87. The maximum Gasteiger partial charge on any atom is 0.267 e. The molecule has 0 aromatic carbocycles. The van der Waals surface area contributed by atoms with Crippen LogP contribution in [-0.4, -0.2) is 22.8 Å². The molecule has 2 heterocycles. The number of carbonyl (C=O) groups excluding carboxylic acids is 2. The Morgan fingerprint density at radius 2 is 2.21 bits per heavy atom. The second kappa shape index (κ2) is 5.19. The van der Waals surface area contributed by atoms with Crippen LogP contribution in [0.5, 0.6) is 0 Å². The molecule has 0 spiro atoms. The van der Waals surface area contributed by atoms with Gasteiger partial charge in [-0.2, -0.15) is 0 Å². The number of aryl methyl sites for hydroxylation is 1. The lowest BCUT2D eigenvalue weighted by Crippen LogP contribution is -2.43. The first-order valence-electron chi connectivity index (χ1n) is 6.87. The van der Waals surface area contributed by atoms with Crippen LogP contribution in [0.15, 0.2) is 12.3 Å². The summed E-state index contributed by atoms with van der Waals surface area (Å²) in [4.78, 5) is 23.8. The normalized spacial score (nSPS) is 20.1. The summed E-state index contributed by atoms with van der Waals surface area (Å²) in [5.74, 6) is 0.584. The van der Waals surface area contributed by atoms with E-state index in [1.54, 1.807) is 6.92 Å². The van der Waals surface area contributed by atoms with Crippen LogP contribution in [0.2, 0.25) is 0 Å². The average molecular weight is 262 g/mol. The zero-order chi connectivity index (χ0) is 14.2. The predicted molar refractivity (Wildman–Crippen MR) is 74.2 cm³/mol. The number of hydrogen-bond acceptors (Lipinski definition) is 2. The summed E-state index contributed by atoms with van der Waals surface area (Å²) in [6.07, 6.45) is 2.83. The lowest BCUT2D eigenvalue weighted by molar-refractivity contribution is -0.122. The van der Waals surface area contributed by atoms with E-state index in [0.29, 0.717) is 18.2 Å². The highest BCUT2D eigenvalue weighted by molar-refractivity contribution is 5.94. The Kier molecular flexibility index (Phi) is 3.78. The van der Waals surface area contributed by atoms with Gasteiger partial charge >= 0.3 is 0 Å². The molecule has 0 saturated heterocycles. The maximum absolute atomic E-state index is 12.0. The lowest BCUT2D eigenvalue weighted by Gasteiger charge is -2.32. The molecule has 0 bridgehead atoms. The number of fused-ring (bicyclic) bond motifs is 1. The van der Waals surface area contributed by atoms with Gasteiger partial charge in [0.05, 0.1) is 6.04 Å². The van der Waals surface area contributed by atoms with Crippen molar-refractivity contribution in [2.45, 2.75) is 40.2 Å². The van der Waals surface area contributed by atoms with E-state index in [0.717, 1.165) is 12.0 Å². The SMILES string of the molecule is CC(=O)C(CC(C)C)C1CNC(=O)c2cc(C)cn21. The summed E-state index contributed by atoms with van der Waals surface area (Å²) >= 11 is 0. The summed E-state index contributed by atoms with van der Waals surface area (Å²) in [6.45, 7) is 8.41. The van der Waals surface area contributed by atoms with Crippen LogP contribution in [-0.2, 0) is 4.79 Å². The number of aromatic nitrogens is 1. The Morgan fingerprint density at radius 3 is 2.79 bits per heavy atom. The van der Waals surface area contributed by atoms with Gasteiger partial charge in [0.25, 0.3) is 5.91 Å². The van der Waals surface area contributed by atoms with Gasteiger partial charge < -0.3 is 9.88 Å². The number of nitrogens with one attached hydrogen (secondary N) is 1. The zero-order valence-corrected chi connectivity index (χ0v) is 12.1. The van der Waals surface area contributed by atoms with Crippen LogP contribution in [0.1, 0.15) is 49.3 Å². The fraction of sp³-hybridized carbons (Fsp3) is 0.600. The Morgan fingerprint density at radius 1 is 1.53 bits per heavy atom.